The molecule has 0 amide bonds. The summed E-state index contributed by atoms with van der Waals surface area (Å²) >= 11 is 6.81. The Morgan fingerprint density at radius 2 is 1.47 bits per heavy atom. The molecule has 0 saturated carbocycles. The molecule has 0 spiro atoms. The first-order valence-corrected chi connectivity index (χ1v) is 13.4. The van der Waals surface area contributed by atoms with E-state index in [9.17, 15) is 8.42 Å². The highest BCUT2D eigenvalue weighted by Gasteiger charge is 2.20. The summed E-state index contributed by atoms with van der Waals surface area (Å²) in [6.07, 6.45) is 0. The highest BCUT2D eigenvalue weighted by Crippen LogP contribution is 2.42. The number of hydrogen-bond donors (Lipinski definition) is 2. The number of anilines is 1. The second-order valence-electron chi connectivity index (χ2n) is 8.57. The molecule has 1 unspecified atom stereocenters. The van der Waals surface area contributed by atoms with Crippen molar-refractivity contribution in [3.8, 4) is 22.3 Å². The van der Waals surface area contributed by atoms with Crippen LogP contribution in [0.25, 0.3) is 33.0 Å². The maximum atomic E-state index is 12.0. The second-order valence-corrected chi connectivity index (χ2v) is 10.5. The SMILES string of the molecule is CC(Nc1nc(Cl)c(-c2cccc(S(N)(=O)=O)c2)c2cccc(-c3ccccc3)c12)c1ccccc1. The lowest BCUT2D eigenvalue weighted by Gasteiger charge is -2.21. The predicted octanol–water partition coefficient (Wildman–Crippen LogP) is 7.04. The summed E-state index contributed by atoms with van der Waals surface area (Å²) < 4.78 is 24.1. The highest BCUT2D eigenvalue weighted by molar-refractivity contribution is 7.89. The molecule has 0 aliphatic heterocycles. The van der Waals surface area contributed by atoms with Crippen LogP contribution in [0.2, 0.25) is 5.15 Å². The number of halogens is 1. The van der Waals surface area contributed by atoms with Gasteiger partial charge in [0.2, 0.25) is 10.0 Å². The number of primary sulfonamides is 1. The van der Waals surface area contributed by atoms with Crippen LogP contribution in [0.1, 0.15) is 18.5 Å². The molecular weight excluding hydrogens is 490 g/mol. The van der Waals surface area contributed by atoms with Gasteiger partial charge in [-0.25, -0.2) is 18.5 Å². The number of nitrogens with zero attached hydrogens (tertiary/aromatic N) is 1. The van der Waals surface area contributed by atoms with E-state index in [4.69, 9.17) is 21.7 Å². The van der Waals surface area contributed by atoms with E-state index < -0.39 is 10.0 Å². The van der Waals surface area contributed by atoms with Crippen molar-refractivity contribution < 1.29 is 8.42 Å². The van der Waals surface area contributed by atoms with Crippen molar-refractivity contribution in [2.45, 2.75) is 17.9 Å². The Morgan fingerprint density at radius 3 is 2.17 bits per heavy atom. The number of pyridine rings is 1. The molecule has 0 fully saturated rings. The number of benzene rings is 4. The zero-order valence-corrected chi connectivity index (χ0v) is 21.1. The summed E-state index contributed by atoms with van der Waals surface area (Å²) in [5.74, 6) is 0.650. The third kappa shape index (κ3) is 4.71. The summed E-state index contributed by atoms with van der Waals surface area (Å²) in [5, 5.41) is 11.0. The van der Waals surface area contributed by atoms with Crippen LogP contribution in [-0.4, -0.2) is 13.4 Å². The number of nitrogens with two attached hydrogens (primary N) is 1. The fourth-order valence-electron chi connectivity index (χ4n) is 4.43. The maximum Gasteiger partial charge on any atom is 0.238 e. The summed E-state index contributed by atoms with van der Waals surface area (Å²) in [6, 6.07) is 32.6. The minimum absolute atomic E-state index is 0.0170. The van der Waals surface area contributed by atoms with Crippen LogP contribution >= 0.6 is 11.6 Å². The van der Waals surface area contributed by atoms with Crippen LogP contribution in [-0.2, 0) is 10.0 Å². The van der Waals surface area contributed by atoms with Crippen molar-refractivity contribution >= 4 is 38.2 Å². The zero-order valence-electron chi connectivity index (χ0n) is 19.5. The molecule has 1 atom stereocenters. The molecular formula is C29H24ClN3O2S. The van der Waals surface area contributed by atoms with E-state index in [-0.39, 0.29) is 16.1 Å². The molecule has 5 rings (SSSR count). The molecule has 4 aromatic carbocycles. The van der Waals surface area contributed by atoms with E-state index in [1.807, 2.05) is 54.6 Å². The van der Waals surface area contributed by atoms with Crippen molar-refractivity contribution in [2.24, 2.45) is 5.14 Å². The number of fused-ring (bicyclic) bond motifs is 1. The summed E-state index contributed by atoms with van der Waals surface area (Å²) in [6.45, 7) is 2.07. The molecule has 0 aliphatic rings. The monoisotopic (exact) mass is 513 g/mol. The smallest absolute Gasteiger partial charge is 0.238 e. The Kier molecular flexibility index (Phi) is 6.49. The van der Waals surface area contributed by atoms with Gasteiger partial charge in [0.1, 0.15) is 11.0 Å². The average molecular weight is 514 g/mol. The fraction of sp³-hybridized carbons (Fsp3) is 0.0690. The van der Waals surface area contributed by atoms with Gasteiger partial charge in [-0.2, -0.15) is 0 Å². The van der Waals surface area contributed by atoms with E-state index >= 15 is 0 Å². The average Bonchev–Trinajstić information content (AvgIpc) is 2.89. The number of rotatable bonds is 6. The number of sulfonamides is 1. The van der Waals surface area contributed by atoms with Gasteiger partial charge < -0.3 is 5.32 Å². The molecule has 1 heterocycles. The van der Waals surface area contributed by atoms with Gasteiger partial charge in [-0.3, -0.25) is 0 Å². The first-order valence-electron chi connectivity index (χ1n) is 11.5. The van der Waals surface area contributed by atoms with Crippen LogP contribution in [0.4, 0.5) is 5.82 Å². The van der Waals surface area contributed by atoms with Crippen molar-refractivity contribution in [3.05, 3.63) is 114 Å². The van der Waals surface area contributed by atoms with E-state index in [1.54, 1.807) is 6.07 Å². The van der Waals surface area contributed by atoms with Crippen molar-refractivity contribution in [2.75, 3.05) is 5.32 Å². The van der Waals surface area contributed by atoms with Crippen molar-refractivity contribution in [1.82, 2.24) is 4.98 Å². The van der Waals surface area contributed by atoms with Gasteiger partial charge in [0.25, 0.3) is 0 Å². The van der Waals surface area contributed by atoms with Crippen molar-refractivity contribution in [1.29, 1.82) is 0 Å². The Labute approximate surface area is 215 Å². The number of aromatic nitrogens is 1. The van der Waals surface area contributed by atoms with E-state index in [1.165, 1.54) is 12.1 Å². The minimum atomic E-state index is -3.88. The highest BCUT2D eigenvalue weighted by atomic mass is 35.5. The molecule has 0 bridgehead atoms. The molecule has 0 aliphatic carbocycles. The molecule has 7 heteroatoms. The van der Waals surface area contributed by atoms with Gasteiger partial charge in [0, 0.05) is 17.0 Å². The molecule has 5 aromatic rings. The van der Waals surface area contributed by atoms with Gasteiger partial charge in [-0.1, -0.05) is 103 Å². The van der Waals surface area contributed by atoms with E-state index in [0.29, 0.717) is 16.9 Å². The van der Waals surface area contributed by atoms with Crippen LogP contribution in [0, 0.1) is 0 Å². The third-order valence-electron chi connectivity index (χ3n) is 6.18. The molecule has 3 N–H and O–H groups in total. The molecule has 36 heavy (non-hydrogen) atoms. The molecule has 0 radical (unpaired) electrons. The van der Waals surface area contributed by atoms with E-state index in [0.717, 1.165) is 27.5 Å². The van der Waals surface area contributed by atoms with Gasteiger partial charge in [-0.15, -0.1) is 0 Å². The second kappa shape index (κ2) is 9.74. The lowest BCUT2D eigenvalue weighted by atomic mass is 9.94. The standard InChI is InChI=1S/C29H24ClN3O2S/c1-19(20-10-4-2-5-11-20)32-29-27-24(21-12-6-3-7-13-21)16-9-17-25(27)26(28(30)33-29)22-14-8-15-23(18-22)36(31,34)35/h2-19H,1H3,(H,32,33)(H2,31,34,35). The lowest BCUT2D eigenvalue weighted by Crippen LogP contribution is -2.12. The topological polar surface area (TPSA) is 85.1 Å². The Bertz CT molecular complexity index is 1660. The van der Waals surface area contributed by atoms with Gasteiger partial charge in [0.05, 0.1) is 4.90 Å². The fourth-order valence-corrected chi connectivity index (χ4v) is 5.29. The first-order chi connectivity index (χ1) is 17.3. The quantitative estimate of drug-likeness (QED) is 0.238. The summed E-state index contributed by atoms with van der Waals surface area (Å²) in [7, 11) is -3.88. The molecule has 0 saturated heterocycles. The van der Waals surface area contributed by atoms with E-state index in [2.05, 4.69) is 42.6 Å². The third-order valence-corrected chi connectivity index (χ3v) is 7.36. The minimum Gasteiger partial charge on any atom is -0.363 e. The normalized spacial score (nSPS) is 12.4. The van der Waals surface area contributed by atoms with Gasteiger partial charge >= 0.3 is 0 Å². The summed E-state index contributed by atoms with van der Waals surface area (Å²) in [4.78, 5) is 4.81. The van der Waals surface area contributed by atoms with Gasteiger partial charge in [-0.05, 0) is 46.7 Å². The Morgan fingerprint density at radius 1 is 0.833 bits per heavy atom. The lowest BCUT2D eigenvalue weighted by molar-refractivity contribution is 0.598. The first kappa shape index (κ1) is 24.0. The number of hydrogen-bond acceptors (Lipinski definition) is 4. The van der Waals surface area contributed by atoms with Crippen LogP contribution in [0.3, 0.4) is 0 Å². The van der Waals surface area contributed by atoms with Crippen LogP contribution < -0.4 is 10.5 Å². The summed E-state index contributed by atoms with van der Waals surface area (Å²) in [5.41, 5.74) is 4.41. The van der Waals surface area contributed by atoms with Crippen LogP contribution in [0.5, 0.6) is 0 Å². The Hall–Kier alpha value is -3.71. The van der Waals surface area contributed by atoms with Crippen molar-refractivity contribution in [3.63, 3.8) is 0 Å². The van der Waals surface area contributed by atoms with Crippen LogP contribution in [0.15, 0.2) is 108 Å². The molecule has 1 aromatic heterocycles. The zero-order chi connectivity index (χ0) is 25.3. The molecule has 5 nitrogen and oxygen atoms in total. The molecule has 180 valence electrons. The number of nitrogens with one attached hydrogen (secondary N) is 1. The largest absolute Gasteiger partial charge is 0.363 e. The Balaban J connectivity index is 1.78. The van der Waals surface area contributed by atoms with Gasteiger partial charge in [0.15, 0.2) is 0 Å². The predicted molar refractivity (Wildman–Crippen MR) is 147 cm³/mol. The maximum absolute atomic E-state index is 12.0.